The van der Waals surface area contributed by atoms with Crippen LogP contribution < -0.4 is 4.74 Å². The number of aliphatic hydroxyl groups is 4. The summed E-state index contributed by atoms with van der Waals surface area (Å²) < 4.78 is 15.7. The molecule has 2 aromatic rings. The Morgan fingerprint density at radius 2 is 1.84 bits per heavy atom. The van der Waals surface area contributed by atoms with Gasteiger partial charge in [-0.25, -0.2) is 4.79 Å². The van der Waals surface area contributed by atoms with E-state index in [1.165, 1.54) is 18.2 Å². The number of nitro benzene ring substituents is 1. The van der Waals surface area contributed by atoms with Crippen molar-refractivity contribution in [1.29, 1.82) is 0 Å². The molecular formula is C20H21NO10. The molecule has 31 heavy (non-hydrogen) atoms. The molecule has 11 nitrogen and oxygen atoms in total. The third-order valence-corrected chi connectivity index (χ3v) is 4.84. The van der Waals surface area contributed by atoms with Gasteiger partial charge in [-0.15, -0.1) is 0 Å². The summed E-state index contributed by atoms with van der Waals surface area (Å²) in [5.74, 6) is -0.652. The van der Waals surface area contributed by atoms with Crippen LogP contribution in [0.1, 0.15) is 10.4 Å². The topological polar surface area (TPSA) is 169 Å². The number of carbonyl (C=O) groups is 1. The third-order valence-electron chi connectivity index (χ3n) is 4.84. The summed E-state index contributed by atoms with van der Waals surface area (Å²) in [4.78, 5) is 22.6. The molecule has 4 N–H and O–H groups in total. The zero-order valence-corrected chi connectivity index (χ0v) is 16.3. The number of benzene rings is 2. The van der Waals surface area contributed by atoms with Crippen LogP contribution in [-0.2, 0) is 9.47 Å². The number of esters is 1. The van der Waals surface area contributed by atoms with Gasteiger partial charge < -0.3 is 34.6 Å². The van der Waals surface area contributed by atoms with Crippen molar-refractivity contribution in [3.8, 4) is 16.9 Å². The van der Waals surface area contributed by atoms with Crippen LogP contribution in [0.4, 0.5) is 5.69 Å². The first-order valence-corrected chi connectivity index (χ1v) is 9.21. The quantitative estimate of drug-likeness (QED) is 0.280. The Labute approximate surface area is 176 Å². The first-order valence-electron chi connectivity index (χ1n) is 9.21. The van der Waals surface area contributed by atoms with E-state index in [0.717, 1.165) is 13.2 Å². The molecule has 0 aromatic heterocycles. The van der Waals surface area contributed by atoms with Gasteiger partial charge in [0.2, 0.25) is 6.29 Å². The number of nitro groups is 1. The van der Waals surface area contributed by atoms with Gasteiger partial charge in [-0.2, -0.15) is 0 Å². The van der Waals surface area contributed by atoms with Crippen molar-refractivity contribution in [3.05, 3.63) is 58.1 Å². The van der Waals surface area contributed by atoms with Crippen molar-refractivity contribution in [2.45, 2.75) is 30.7 Å². The van der Waals surface area contributed by atoms with Crippen LogP contribution in [0.15, 0.2) is 42.5 Å². The summed E-state index contributed by atoms with van der Waals surface area (Å²) in [5, 5.41) is 50.7. The Bertz CT molecular complexity index is 963. The van der Waals surface area contributed by atoms with E-state index in [1.807, 2.05) is 0 Å². The maximum Gasteiger partial charge on any atom is 0.338 e. The van der Waals surface area contributed by atoms with Crippen LogP contribution in [0, 0.1) is 10.1 Å². The number of hydrogen-bond acceptors (Lipinski definition) is 10. The molecule has 5 unspecified atom stereocenters. The van der Waals surface area contributed by atoms with E-state index in [4.69, 9.17) is 9.47 Å². The van der Waals surface area contributed by atoms with E-state index >= 15 is 0 Å². The standard InChI is InChI=1S/C20H21NO10/c1-29-19(26)11-6-10(7-12(8-11)21(27)28)13-4-2-3-5-14(13)30-20-18(25)17(24)16(23)15(9-22)31-20/h2-8,15-18,20,22-25H,9H2,1H3. The molecule has 0 bridgehead atoms. The molecule has 166 valence electrons. The number of aliphatic hydroxyl groups excluding tert-OH is 4. The summed E-state index contributed by atoms with van der Waals surface area (Å²) in [6, 6.07) is 9.99. The molecule has 0 spiro atoms. The molecule has 1 heterocycles. The lowest BCUT2D eigenvalue weighted by molar-refractivity contribution is -0.384. The highest BCUT2D eigenvalue weighted by Gasteiger charge is 2.44. The molecule has 3 rings (SSSR count). The van der Waals surface area contributed by atoms with Crippen LogP contribution >= 0.6 is 0 Å². The van der Waals surface area contributed by atoms with Gasteiger partial charge in [0.1, 0.15) is 30.2 Å². The minimum atomic E-state index is -1.64. The Kier molecular flexibility index (Phi) is 6.83. The second-order valence-corrected chi connectivity index (χ2v) is 6.83. The second-order valence-electron chi connectivity index (χ2n) is 6.83. The molecule has 1 saturated heterocycles. The van der Waals surface area contributed by atoms with Crippen molar-refractivity contribution in [2.75, 3.05) is 13.7 Å². The normalized spacial score (nSPS) is 25.6. The van der Waals surface area contributed by atoms with Crippen LogP contribution in [0.2, 0.25) is 0 Å². The van der Waals surface area contributed by atoms with Crippen LogP contribution in [0.3, 0.4) is 0 Å². The highest BCUT2D eigenvalue weighted by Crippen LogP contribution is 2.35. The first-order chi connectivity index (χ1) is 14.8. The van der Waals surface area contributed by atoms with Crippen molar-refractivity contribution in [2.24, 2.45) is 0 Å². The summed E-state index contributed by atoms with van der Waals surface area (Å²) in [6.07, 6.45) is -7.43. The van der Waals surface area contributed by atoms with Gasteiger partial charge in [-0.05, 0) is 17.7 Å². The van der Waals surface area contributed by atoms with E-state index in [2.05, 4.69) is 4.74 Å². The summed E-state index contributed by atoms with van der Waals surface area (Å²) in [7, 11) is 1.15. The molecule has 2 aromatic carbocycles. The van der Waals surface area contributed by atoms with Gasteiger partial charge in [-0.1, -0.05) is 18.2 Å². The van der Waals surface area contributed by atoms with Gasteiger partial charge in [0.05, 0.1) is 24.2 Å². The summed E-state index contributed by atoms with van der Waals surface area (Å²) in [5.41, 5.74) is 0.193. The number of ether oxygens (including phenoxy) is 3. The van der Waals surface area contributed by atoms with Crippen LogP contribution in [0.5, 0.6) is 5.75 Å². The zero-order chi connectivity index (χ0) is 22.7. The average Bonchev–Trinajstić information content (AvgIpc) is 2.78. The number of methoxy groups -OCH3 is 1. The minimum absolute atomic E-state index is 0.0469. The number of carbonyl (C=O) groups excluding carboxylic acids is 1. The Morgan fingerprint density at radius 1 is 1.13 bits per heavy atom. The van der Waals surface area contributed by atoms with Crippen molar-refractivity contribution < 1.29 is 44.4 Å². The molecule has 0 amide bonds. The third kappa shape index (κ3) is 4.65. The van der Waals surface area contributed by atoms with Gasteiger partial charge in [0.25, 0.3) is 5.69 Å². The van der Waals surface area contributed by atoms with Crippen molar-refractivity contribution in [1.82, 2.24) is 0 Å². The van der Waals surface area contributed by atoms with E-state index in [9.17, 15) is 35.3 Å². The molecule has 1 aliphatic rings. The van der Waals surface area contributed by atoms with Crippen LogP contribution in [-0.4, -0.2) is 75.7 Å². The zero-order valence-electron chi connectivity index (χ0n) is 16.3. The SMILES string of the molecule is COC(=O)c1cc(-c2ccccc2OC2OC(CO)C(O)C(O)C2O)cc([N+](=O)[O-])c1. The van der Waals surface area contributed by atoms with Gasteiger partial charge in [0, 0.05) is 17.7 Å². The number of non-ortho nitro benzene ring substituents is 1. The fourth-order valence-electron chi connectivity index (χ4n) is 3.21. The molecule has 11 heteroatoms. The minimum Gasteiger partial charge on any atom is -0.465 e. The van der Waals surface area contributed by atoms with E-state index < -0.39 is 48.2 Å². The monoisotopic (exact) mass is 435 g/mol. The summed E-state index contributed by atoms with van der Waals surface area (Å²) >= 11 is 0. The maximum absolute atomic E-state index is 11.9. The molecule has 0 saturated carbocycles. The number of rotatable bonds is 6. The lowest BCUT2D eigenvalue weighted by Gasteiger charge is -2.39. The first kappa shape index (κ1) is 22.6. The Balaban J connectivity index is 2.00. The van der Waals surface area contributed by atoms with Gasteiger partial charge >= 0.3 is 5.97 Å². The predicted octanol–water partition coefficient (Wildman–Crippen LogP) is 0.227. The largest absolute Gasteiger partial charge is 0.465 e. The van der Waals surface area contributed by atoms with Gasteiger partial charge in [-0.3, -0.25) is 10.1 Å². The predicted molar refractivity (Wildman–Crippen MR) is 104 cm³/mol. The molecule has 1 fully saturated rings. The average molecular weight is 435 g/mol. The lowest BCUT2D eigenvalue weighted by atomic mass is 9.99. The van der Waals surface area contributed by atoms with E-state index in [1.54, 1.807) is 18.2 Å². The van der Waals surface area contributed by atoms with E-state index in [-0.39, 0.29) is 22.6 Å². The smallest absolute Gasteiger partial charge is 0.338 e. The van der Waals surface area contributed by atoms with Gasteiger partial charge in [0.15, 0.2) is 0 Å². The molecule has 0 radical (unpaired) electrons. The Hall–Kier alpha value is -3.09. The highest BCUT2D eigenvalue weighted by molar-refractivity contribution is 5.92. The molecule has 0 aliphatic carbocycles. The fraction of sp³-hybridized carbons (Fsp3) is 0.350. The van der Waals surface area contributed by atoms with Crippen molar-refractivity contribution in [3.63, 3.8) is 0 Å². The highest BCUT2D eigenvalue weighted by atomic mass is 16.7. The summed E-state index contributed by atoms with van der Waals surface area (Å²) in [6.45, 7) is -0.625. The molecular weight excluding hydrogens is 414 g/mol. The molecule has 1 aliphatic heterocycles. The maximum atomic E-state index is 11.9. The van der Waals surface area contributed by atoms with E-state index in [0.29, 0.717) is 5.56 Å². The number of para-hydroxylation sites is 1. The molecule has 5 atom stereocenters. The second kappa shape index (κ2) is 9.37. The fourth-order valence-corrected chi connectivity index (χ4v) is 3.21. The van der Waals surface area contributed by atoms with Crippen molar-refractivity contribution >= 4 is 11.7 Å². The Morgan fingerprint density at radius 3 is 2.48 bits per heavy atom. The van der Waals surface area contributed by atoms with Crippen LogP contribution in [0.25, 0.3) is 11.1 Å². The number of hydrogen-bond donors (Lipinski definition) is 4. The lowest BCUT2D eigenvalue weighted by Crippen LogP contribution is -2.60. The number of nitrogens with zero attached hydrogens (tertiary/aromatic N) is 1.